The molecular formula is C17H29NO. The third-order valence-corrected chi connectivity index (χ3v) is 3.68. The molecule has 2 heteroatoms. The van der Waals surface area contributed by atoms with E-state index in [0.717, 1.165) is 18.5 Å². The first kappa shape index (κ1) is 16.2. The zero-order chi connectivity index (χ0) is 14.4. The van der Waals surface area contributed by atoms with Crippen LogP contribution < -0.4 is 0 Å². The van der Waals surface area contributed by atoms with E-state index in [2.05, 4.69) is 39.5 Å². The third-order valence-electron chi connectivity index (χ3n) is 3.68. The quantitative estimate of drug-likeness (QED) is 0.807. The summed E-state index contributed by atoms with van der Waals surface area (Å²) in [6.07, 6.45) is 0.693. The molecule has 108 valence electrons. The summed E-state index contributed by atoms with van der Waals surface area (Å²) in [6.45, 7) is 12.0. The Kier molecular flexibility index (Phi) is 6.53. The Hall–Kier alpha value is -0.860. The van der Waals surface area contributed by atoms with Crippen molar-refractivity contribution in [2.45, 2.75) is 59.2 Å². The summed E-state index contributed by atoms with van der Waals surface area (Å²) in [5, 5.41) is 10.8. The van der Waals surface area contributed by atoms with E-state index in [0.29, 0.717) is 12.0 Å². The molecule has 0 aliphatic carbocycles. The number of aliphatic hydroxyl groups is 1. The summed E-state index contributed by atoms with van der Waals surface area (Å²) in [4.78, 5) is 2.43. The van der Waals surface area contributed by atoms with Gasteiger partial charge in [-0.05, 0) is 38.3 Å². The molecule has 1 rings (SSSR count). The second-order valence-corrected chi connectivity index (χ2v) is 5.92. The maximum Gasteiger partial charge on any atom is 0.0947 e. The van der Waals surface area contributed by atoms with Crippen LogP contribution in [0.4, 0.5) is 0 Å². The Labute approximate surface area is 118 Å². The fourth-order valence-corrected chi connectivity index (χ4v) is 2.79. The lowest BCUT2D eigenvalue weighted by Crippen LogP contribution is -2.47. The van der Waals surface area contributed by atoms with Crippen molar-refractivity contribution in [2.75, 3.05) is 6.54 Å². The maximum absolute atomic E-state index is 10.8. The van der Waals surface area contributed by atoms with Crippen LogP contribution in [0.5, 0.6) is 0 Å². The molecule has 1 N–H and O–H groups in total. The summed E-state index contributed by atoms with van der Waals surface area (Å²) in [6, 6.07) is 10.6. The highest BCUT2D eigenvalue weighted by Gasteiger charge is 2.30. The average molecular weight is 263 g/mol. The van der Waals surface area contributed by atoms with Crippen LogP contribution in [0, 0.1) is 5.92 Å². The largest absolute Gasteiger partial charge is 0.387 e. The SMILES string of the molecule is CCCN(C(C)C)C(C(C)C)C(O)c1ccccc1. The van der Waals surface area contributed by atoms with Gasteiger partial charge in [0.05, 0.1) is 6.10 Å². The lowest BCUT2D eigenvalue weighted by Gasteiger charge is -2.40. The number of nitrogens with zero attached hydrogens (tertiary/aromatic N) is 1. The van der Waals surface area contributed by atoms with Crippen molar-refractivity contribution in [3.63, 3.8) is 0 Å². The van der Waals surface area contributed by atoms with Crippen LogP contribution in [0.15, 0.2) is 30.3 Å². The minimum absolute atomic E-state index is 0.169. The van der Waals surface area contributed by atoms with Crippen molar-refractivity contribution in [3.05, 3.63) is 35.9 Å². The molecule has 0 saturated carbocycles. The predicted molar refractivity (Wildman–Crippen MR) is 82.2 cm³/mol. The Morgan fingerprint density at radius 1 is 1.05 bits per heavy atom. The molecule has 0 heterocycles. The Bertz CT molecular complexity index is 348. The van der Waals surface area contributed by atoms with Gasteiger partial charge in [0.2, 0.25) is 0 Å². The molecule has 0 amide bonds. The molecule has 0 aliphatic heterocycles. The van der Waals surface area contributed by atoms with Crippen LogP contribution in [-0.4, -0.2) is 28.6 Å². The highest BCUT2D eigenvalue weighted by atomic mass is 16.3. The standard InChI is InChI=1S/C17H29NO/c1-6-12-18(14(4)5)16(13(2)3)17(19)15-10-8-7-9-11-15/h7-11,13-14,16-17,19H,6,12H2,1-5H3. The predicted octanol–water partition coefficient (Wildman–Crippen LogP) is 3.87. The zero-order valence-electron chi connectivity index (χ0n) is 13.0. The van der Waals surface area contributed by atoms with Gasteiger partial charge in [0.15, 0.2) is 0 Å². The first-order chi connectivity index (χ1) is 8.99. The minimum Gasteiger partial charge on any atom is -0.387 e. The first-order valence-corrected chi connectivity index (χ1v) is 7.47. The molecule has 1 aromatic carbocycles. The molecule has 2 atom stereocenters. The molecule has 0 saturated heterocycles. The van der Waals surface area contributed by atoms with E-state index in [4.69, 9.17) is 0 Å². The number of rotatable bonds is 7. The fourth-order valence-electron chi connectivity index (χ4n) is 2.79. The number of hydrogen-bond acceptors (Lipinski definition) is 2. The highest BCUT2D eigenvalue weighted by Crippen LogP contribution is 2.28. The molecule has 1 aromatic rings. The van der Waals surface area contributed by atoms with Gasteiger partial charge in [-0.25, -0.2) is 0 Å². The number of hydrogen-bond donors (Lipinski definition) is 1. The summed E-state index contributed by atoms with van der Waals surface area (Å²) < 4.78 is 0. The second-order valence-electron chi connectivity index (χ2n) is 5.92. The molecule has 2 unspecified atom stereocenters. The van der Waals surface area contributed by atoms with Crippen LogP contribution in [0.1, 0.15) is 52.7 Å². The molecule has 0 bridgehead atoms. The van der Waals surface area contributed by atoms with Crippen LogP contribution in [0.3, 0.4) is 0 Å². The highest BCUT2D eigenvalue weighted by molar-refractivity contribution is 5.19. The molecule has 0 fully saturated rings. The number of benzene rings is 1. The van der Waals surface area contributed by atoms with E-state index < -0.39 is 6.10 Å². The molecule has 19 heavy (non-hydrogen) atoms. The first-order valence-electron chi connectivity index (χ1n) is 7.47. The van der Waals surface area contributed by atoms with Crippen molar-refractivity contribution >= 4 is 0 Å². The van der Waals surface area contributed by atoms with Gasteiger partial charge in [0, 0.05) is 12.1 Å². The molecule has 0 radical (unpaired) electrons. The third kappa shape index (κ3) is 4.32. The van der Waals surface area contributed by atoms with Gasteiger partial charge >= 0.3 is 0 Å². The van der Waals surface area contributed by atoms with Crippen molar-refractivity contribution in [2.24, 2.45) is 5.92 Å². The summed E-state index contributed by atoms with van der Waals surface area (Å²) in [5.74, 6) is 0.421. The van der Waals surface area contributed by atoms with Gasteiger partial charge in [-0.3, -0.25) is 4.90 Å². The van der Waals surface area contributed by atoms with Crippen LogP contribution in [0.2, 0.25) is 0 Å². The summed E-state index contributed by atoms with van der Waals surface area (Å²) >= 11 is 0. The van der Waals surface area contributed by atoms with E-state index in [9.17, 15) is 5.11 Å². The van der Waals surface area contributed by atoms with Crippen LogP contribution in [-0.2, 0) is 0 Å². The zero-order valence-corrected chi connectivity index (χ0v) is 13.0. The molecular weight excluding hydrogens is 234 g/mol. The normalized spacial score (nSPS) is 15.2. The average Bonchev–Trinajstić information content (AvgIpc) is 2.38. The number of aliphatic hydroxyl groups excluding tert-OH is 1. The van der Waals surface area contributed by atoms with E-state index in [1.165, 1.54) is 0 Å². The maximum atomic E-state index is 10.8. The van der Waals surface area contributed by atoms with Gasteiger partial charge < -0.3 is 5.11 Å². The van der Waals surface area contributed by atoms with Crippen LogP contribution in [0.25, 0.3) is 0 Å². The Morgan fingerprint density at radius 3 is 2.05 bits per heavy atom. The monoisotopic (exact) mass is 263 g/mol. The van der Waals surface area contributed by atoms with Gasteiger partial charge in [0.1, 0.15) is 0 Å². The van der Waals surface area contributed by atoms with Gasteiger partial charge in [-0.1, -0.05) is 51.1 Å². The molecule has 0 aliphatic rings. The Balaban J connectivity index is 2.99. The molecule has 0 aromatic heterocycles. The minimum atomic E-state index is -0.421. The van der Waals surface area contributed by atoms with Crippen molar-refractivity contribution in [3.8, 4) is 0 Å². The van der Waals surface area contributed by atoms with Crippen molar-refractivity contribution < 1.29 is 5.11 Å². The van der Waals surface area contributed by atoms with Gasteiger partial charge in [0.25, 0.3) is 0 Å². The Morgan fingerprint density at radius 2 is 1.63 bits per heavy atom. The van der Waals surface area contributed by atoms with E-state index in [1.807, 2.05) is 30.3 Å². The second kappa shape index (κ2) is 7.66. The van der Waals surface area contributed by atoms with Crippen LogP contribution >= 0.6 is 0 Å². The van der Waals surface area contributed by atoms with Crippen molar-refractivity contribution in [1.29, 1.82) is 0 Å². The van der Waals surface area contributed by atoms with Gasteiger partial charge in [-0.2, -0.15) is 0 Å². The van der Waals surface area contributed by atoms with Gasteiger partial charge in [-0.15, -0.1) is 0 Å². The lowest BCUT2D eigenvalue weighted by molar-refractivity contribution is 0.00571. The van der Waals surface area contributed by atoms with E-state index >= 15 is 0 Å². The molecule has 2 nitrogen and oxygen atoms in total. The summed E-state index contributed by atoms with van der Waals surface area (Å²) in [5.41, 5.74) is 1.02. The fraction of sp³-hybridized carbons (Fsp3) is 0.647. The lowest BCUT2D eigenvalue weighted by atomic mass is 9.91. The van der Waals surface area contributed by atoms with E-state index in [-0.39, 0.29) is 6.04 Å². The molecule has 0 spiro atoms. The van der Waals surface area contributed by atoms with E-state index in [1.54, 1.807) is 0 Å². The topological polar surface area (TPSA) is 23.5 Å². The summed E-state index contributed by atoms with van der Waals surface area (Å²) in [7, 11) is 0. The van der Waals surface area contributed by atoms with Crippen molar-refractivity contribution in [1.82, 2.24) is 4.90 Å². The smallest absolute Gasteiger partial charge is 0.0947 e.